The van der Waals surface area contributed by atoms with E-state index in [9.17, 15) is 15.8 Å². The maximum Gasteiger partial charge on any atom is 0.191 e. The summed E-state index contributed by atoms with van der Waals surface area (Å²) in [4.78, 5) is 0. The molecule has 0 radical (unpaired) electrons. The Labute approximate surface area is 170 Å². The van der Waals surface area contributed by atoms with Crippen LogP contribution in [0.1, 0.15) is 35.8 Å². The van der Waals surface area contributed by atoms with Crippen molar-refractivity contribution in [2.45, 2.75) is 24.7 Å². The Hall–Kier alpha value is -3.81. The molecule has 4 nitrogen and oxygen atoms in total. The van der Waals surface area contributed by atoms with Gasteiger partial charge in [0.1, 0.15) is 6.07 Å². The van der Waals surface area contributed by atoms with Crippen LogP contribution in [0, 0.1) is 45.3 Å². The van der Waals surface area contributed by atoms with Gasteiger partial charge in [0.2, 0.25) is 0 Å². The van der Waals surface area contributed by atoms with Crippen molar-refractivity contribution >= 4 is 0 Å². The summed E-state index contributed by atoms with van der Waals surface area (Å²) >= 11 is 0. The fraction of sp³-hybridized carbons (Fsp3) is 0.240. The number of hydrogen-bond donors (Lipinski definition) is 1. The Morgan fingerprint density at radius 2 is 1.45 bits per heavy atom. The molecule has 2 aromatic rings. The number of nitriles is 3. The van der Waals surface area contributed by atoms with E-state index in [1.165, 1.54) is 5.56 Å². The summed E-state index contributed by atoms with van der Waals surface area (Å²) in [6, 6.07) is 26.5. The Bertz CT molecular complexity index is 1090. The molecule has 2 aliphatic carbocycles. The summed E-state index contributed by atoms with van der Waals surface area (Å²) in [7, 11) is 0. The second-order valence-corrected chi connectivity index (χ2v) is 7.67. The maximum atomic E-state index is 10.1. The van der Waals surface area contributed by atoms with E-state index < -0.39 is 11.3 Å². The van der Waals surface area contributed by atoms with Gasteiger partial charge in [0, 0.05) is 5.92 Å². The van der Waals surface area contributed by atoms with Gasteiger partial charge in [-0.3, -0.25) is 0 Å². The molecule has 0 saturated carbocycles. The molecule has 0 spiro atoms. The molecule has 2 aliphatic rings. The second kappa shape index (κ2) is 7.31. The lowest BCUT2D eigenvalue weighted by atomic mass is 9.55. The molecule has 140 valence electrons. The largest absolute Gasteiger partial charge is 0.399 e. The molecule has 0 heterocycles. The first-order valence-corrected chi connectivity index (χ1v) is 9.69. The summed E-state index contributed by atoms with van der Waals surface area (Å²) in [6.45, 7) is 0. The van der Waals surface area contributed by atoms with Crippen LogP contribution in [0.4, 0.5) is 0 Å². The molecule has 0 bridgehead atoms. The van der Waals surface area contributed by atoms with Gasteiger partial charge in [-0.05, 0) is 41.4 Å². The molecular formula is C25H20N4. The molecule has 0 aromatic heterocycles. The average molecular weight is 376 g/mol. The maximum absolute atomic E-state index is 10.1. The van der Waals surface area contributed by atoms with Crippen molar-refractivity contribution in [3.63, 3.8) is 0 Å². The van der Waals surface area contributed by atoms with Gasteiger partial charge in [-0.1, -0.05) is 66.7 Å². The van der Waals surface area contributed by atoms with Crippen molar-refractivity contribution in [3.8, 4) is 18.2 Å². The van der Waals surface area contributed by atoms with E-state index in [4.69, 9.17) is 5.73 Å². The average Bonchev–Trinajstić information content (AvgIpc) is 2.79. The molecule has 2 N–H and O–H groups in total. The van der Waals surface area contributed by atoms with Crippen LogP contribution < -0.4 is 5.73 Å². The van der Waals surface area contributed by atoms with E-state index in [0.29, 0.717) is 5.57 Å². The number of fused-ring (bicyclic) bond motifs is 1. The summed E-state index contributed by atoms with van der Waals surface area (Å²) in [5, 5.41) is 30.0. The summed E-state index contributed by atoms with van der Waals surface area (Å²) in [5.41, 5.74) is 8.18. The molecule has 3 atom stereocenters. The van der Waals surface area contributed by atoms with Gasteiger partial charge in [0.15, 0.2) is 5.41 Å². The van der Waals surface area contributed by atoms with Gasteiger partial charge < -0.3 is 5.73 Å². The Kier molecular flexibility index (Phi) is 4.67. The zero-order chi connectivity index (χ0) is 20.4. The third-order valence-electron chi connectivity index (χ3n) is 6.31. The fourth-order valence-electron chi connectivity index (χ4n) is 4.92. The number of benzene rings is 2. The minimum Gasteiger partial charge on any atom is -0.399 e. The molecule has 2 aromatic carbocycles. The number of allylic oxidation sites excluding steroid dienone is 4. The van der Waals surface area contributed by atoms with Crippen LogP contribution >= 0.6 is 0 Å². The lowest BCUT2D eigenvalue weighted by molar-refractivity contribution is 0.303. The predicted octanol–water partition coefficient (Wildman–Crippen LogP) is 4.67. The summed E-state index contributed by atoms with van der Waals surface area (Å²) < 4.78 is 0. The summed E-state index contributed by atoms with van der Waals surface area (Å²) in [5.74, 6) is -0.281. The van der Waals surface area contributed by atoms with E-state index in [2.05, 4.69) is 36.4 Å². The van der Waals surface area contributed by atoms with Gasteiger partial charge in [0.05, 0.1) is 23.4 Å². The molecule has 0 saturated heterocycles. The minimum absolute atomic E-state index is 0.0829. The van der Waals surface area contributed by atoms with E-state index >= 15 is 0 Å². The highest BCUT2D eigenvalue weighted by atomic mass is 14.7. The Morgan fingerprint density at radius 3 is 2.00 bits per heavy atom. The zero-order valence-corrected chi connectivity index (χ0v) is 15.9. The lowest BCUT2D eigenvalue weighted by Gasteiger charge is -2.45. The van der Waals surface area contributed by atoms with Crippen LogP contribution in [0.5, 0.6) is 0 Å². The first-order chi connectivity index (χ1) is 14.2. The number of hydrogen-bond acceptors (Lipinski definition) is 4. The minimum atomic E-state index is -1.56. The van der Waals surface area contributed by atoms with Crippen molar-refractivity contribution < 1.29 is 0 Å². The molecular weight excluding hydrogens is 356 g/mol. The zero-order valence-electron chi connectivity index (χ0n) is 15.9. The third-order valence-corrected chi connectivity index (χ3v) is 6.31. The molecule has 4 heteroatoms. The van der Waals surface area contributed by atoms with Crippen LogP contribution in [0.25, 0.3) is 0 Å². The van der Waals surface area contributed by atoms with E-state index in [0.717, 1.165) is 24.0 Å². The van der Waals surface area contributed by atoms with Gasteiger partial charge >= 0.3 is 0 Å². The quantitative estimate of drug-likeness (QED) is 0.823. The highest BCUT2D eigenvalue weighted by molar-refractivity contribution is 5.59. The number of nitrogens with zero attached hydrogens (tertiary/aromatic N) is 3. The van der Waals surface area contributed by atoms with Crippen molar-refractivity contribution in [3.05, 3.63) is 94.7 Å². The fourth-order valence-corrected chi connectivity index (χ4v) is 4.92. The van der Waals surface area contributed by atoms with E-state index in [1.54, 1.807) is 0 Å². The molecule has 0 aliphatic heterocycles. The number of rotatable bonds is 2. The third kappa shape index (κ3) is 2.80. The SMILES string of the molecule is N#CC1=C(N)C(C#N)(C#N)C(c2ccccc2)C2CC(c3ccccc3)CC=C12. The Morgan fingerprint density at radius 1 is 0.862 bits per heavy atom. The van der Waals surface area contributed by atoms with Crippen molar-refractivity contribution in [2.24, 2.45) is 17.1 Å². The van der Waals surface area contributed by atoms with Crippen LogP contribution in [0.2, 0.25) is 0 Å². The predicted molar refractivity (Wildman–Crippen MR) is 110 cm³/mol. The first-order valence-electron chi connectivity index (χ1n) is 9.69. The van der Waals surface area contributed by atoms with Crippen molar-refractivity contribution in [1.29, 1.82) is 15.8 Å². The van der Waals surface area contributed by atoms with Gasteiger partial charge in [0.25, 0.3) is 0 Å². The Balaban J connectivity index is 1.93. The molecule has 4 rings (SSSR count). The van der Waals surface area contributed by atoms with Crippen LogP contribution in [0.3, 0.4) is 0 Å². The van der Waals surface area contributed by atoms with E-state index in [-0.39, 0.29) is 17.5 Å². The highest BCUT2D eigenvalue weighted by Gasteiger charge is 2.54. The monoisotopic (exact) mass is 376 g/mol. The smallest absolute Gasteiger partial charge is 0.191 e. The van der Waals surface area contributed by atoms with Crippen LogP contribution in [-0.4, -0.2) is 0 Å². The second-order valence-electron chi connectivity index (χ2n) is 7.67. The van der Waals surface area contributed by atoms with Crippen molar-refractivity contribution in [1.82, 2.24) is 0 Å². The van der Waals surface area contributed by atoms with Crippen LogP contribution in [-0.2, 0) is 0 Å². The topological polar surface area (TPSA) is 97.4 Å². The molecule has 0 amide bonds. The standard InChI is InChI=1S/C25H20N4/c26-14-22-20-12-11-19(17-7-3-1-4-8-17)13-21(20)23(18-9-5-2-6-10-18)25(15-27,16-28)24(22)29/h1-10,12,19,21,23H,11,13,29H2. The normalized spacial score (nSPS) is 25.0. The van der Waals surface area contributed by atoms with Crippen molar-refractivity contribution in [2.75, 3.05) is 0 Å². The molecule has 0 fully saturated rings. The van der Waals surface area contributed by atoms with Gasteiger partial charge in [-0.2, -0.15) is 15.8 Å². The van der Waals surface area contributed by atoms with Crippen LogP contribution in [0.15, 0.2) is 83.6 Å². The lowest BCUT2D eigenvalue weighted by Crippen LogP contribution is -2.43. The first kappa shape index (κ1) is 18.5. The van der Waals surface area contributed by atoms with Gasteiger partial charge in [-0.15, -0.1) is 0 Å². The highest BCUT2D eigenvalue weighted by Crippen LogP contribution is 2.57. The molecule has 3 unspecified atom stereocenters. The number of nitrogens with two attached hydrogens (primary N) is 1. The summed E-state index contributed by atoms with van der Waals surface area (Å²) in [6.07, 6.45) is 3.66. The van der Waals surface area contributed by atoms with E-state index in [1.807, 2.05) is 48.5 Å². The molecule has 29 heavy (non-hydrogen) atoms. The van der Waals surface area contributed by atoms with Gasteiger partial charge in [-0.25, -0.2) is 0 Å².